The predicted octanol–water partition coefficient (Wildman–Crippen LogP) is 3.27. The number of nitrogens with one attached hydrogen (secondary N) is 1. The number of nitrogens with zero attached hydrogens (tertiary/aromatic N) is 4. The fraction of sp³-hybridized carbons (Fsp3) is 0.381. The fourth-order valence-electron chi connectivity index (χ4n) is 3.23. The molecule has 0 saturated carbocycles. The Kier molecular flexibility index (Phi) is 6.41. The van der Waals surface area contributed by atoms with Crippen LogP contribution in [-0.2, 0) is 9.53 Å². The topological polar surface area (TPSA) is 83.7 Å². The highest BCUT2D eigenvalue weighted by Crippen LogP contribution is 2.26. The van der Waals surface area contributed by atoms with Crippen LogP contribution >= 0.6 is 11.3 Å². The second kappa shape index (κ2) is 9.38. The summed E-state index contributed by atoms with van der Waals surface area (Å²) in [5.74, 6) is 0.898. The monoisotopic (exact) mass is 427 g/mol. The Bertz CT molecular complexity index is 951. The zero-order valence-electron chi connectivity index (χ0n) is 17.1. The Hall–Kier alpha value is -2.75. The molecule has 0 aliphatic carbocycles. The minimum Gasteiger partial charge on any atom is -0.418 e. The smallest absolute Gasteiger partial charge is 0.257 e. The van der Waals surface area contributed by atoms with Gasteiger partial charge in [0.2, 0.25) is 11.8 Å². The predicted molar refractivity (Wildman–Crippen MR) is 117 cm³/mol. The number of aromatic nitrogens is 2. The molecule has 1 aliphatic heterocycles. The Labute approximate surface area is 179 Å². The molecule has 30 heavy (non-hydrogen) atoms. The van der Waals surface area contributed by atoms with Gasteiger partial charge in [-0.25, -0.2) is 0 Å². The van der Waals surface area contributed by atoms with Crippen molar-refractivity contribution in [1.82, 2.24) is 15.1 Å². The lowest BCUT2D eigenvalue weighted by Gasteiger charge is -2.29. The summed E-state index contributed by atoms with van der Waals surface area (Å²) >= 11 is 1.55. The summed E-state index contributed by atoms with van der Waals surface area (Å²) in [7, 11) is 1.86. The van der Waals surface area contributed by atoms with Crippen molar-refractivity contribution in [2.45, 2.75) is 13.0 Å². The van der Waals surface area contributed by atoms with Gasteiger partial charge in [-0.3, -0.25) is 9.69 Å². The Morgan fingerprint density at radius 1 is 1.23 bits per heavy atom. The number of ether oxygens (including phenoxy) is 1. The van der Waals surface area contributed by atoms with Gasteiger partial charge in [0.25, 0.3) is 5.89 Å². The van der Waals surface area contributed by atoms with E-state index in [2.05, 4.69) is 20.4 Å². The van der Waals surface area contributed by atoms with Gasteiger partial charge in [0, 0.05) is 24.5 Å². The van der Waals surface area contributed by atoms with Crippen LogP contribution in [0, 0.1) is 0 Å². The normalized spacial score (nSPS) is 15.4. The van der Waals surface area contributed by atoms with E-state index in [4.69, 9.17) is 9.15 Å². The van der Waals surface area contributed by atoms with Gasteiger partial charge in [-0.1, -0.05) is 6.07 Å². The van der Waals surface area contributed by atoms with Crippen molar-refractivity contribution >= 4 is 28.6 Å². The number of rotatable bonds is 7. The van der Waals surface area contributed by atoms with Crippen molar-refractivity contribution in [3.8, 4) is 10.8 Å². The molecule has 1 aliphatic rings. The van der Waals surface area contributed by atoms with Crippen LogP contribution in [0.2, 0.25) is 0 Å². The molecule has 9 heteroatoms. The third-order valence-electron chi connectivity index (χ3n) is 5.11. The van der Waals surface area contributed by atoms with E-state index in [0.717, 1.165) is 42.6 Å². The Morgan fingerprint density at radius 3 is 2.70 bits per heavy atom. The quantitative estimate of drug-likeness (QED) is 0.619. The number of anilines is 2. The van der Waals surface area contributed by atoms with Crippen LogP contribution in [0.4, 0.5) is 11.4 Å². The van der Waals surface area contributed by atoms with E-state index < -0.39 is 0 Å². The first-order chi connectivity index (χ1) is 14.6. The molecule has 0 spiro atoms. The van der Waals surface area contributed by atoms with Crippen molar-refractivity contribution < 1.29 is 13.9 Å². The number of carbonyl (C=O) groups excluding carboxylic acids is 1. The van der Waals surface area contributed by atoms with E-state index in [1.807, 2.05) is 60.6 Å². The molecule has 158 valence electrons. The van der Waals surface area contributed by atoms with Crippen LogP contribution in [0.15, 0.2) is 46.2 Å². The molecule has 1 amide bonds. The van der Waals surface area contributed by atoms with Crippen LogP contribution < -0.4 is 10.2 Å². The number of benzene rings is 1. The molecular formula is C21H25N5O3S. The summed E-state index contributed by atoms with van der Waals surface area (Å²) in [6, 6.07) is 11.6. The zero-order valence-corrected chi connectivity index (χ0v) is 17.9. The van der Waals surface area contributed by atoms with Crippen molar-refractivity contribution in [1.29, 1.82) is 0 Å². The molecule has 1 fully saturated rings. The Morgan fingerprint density at radius 2 is 2.00 bits per heavy atom. The summed E-state index contributed by atoms with van der Waals surface area (Å²) in [4.78, 5) is 17.6. The zero-order chi connectivity index (χ0) is 20.9. The molecule has 3 heterocycles. The lowest BCUT2D eigenvalue weighted by atomic mass is 10.2. The lowest BCUT2D eigenvalue weighted by molar-refractivity contribution is -0.117. The van der Waals surface area contributed by atoms with E-state index in [9.17, 15) is 4.79 Å². The van der Waals surface area contributed by atoms with Gasteiger partial charge in [-0.05, 0) is 49.7 Å². The number of amides is 1. The van der Waals surface area contributed by atoms with E-state index in [1.165, 1.54) is 0 Å². The first-order valence-corrected chi connectivity index (χ1v) is 10.8. The second-order valence-corrected chi connectivity index (χ2v) is 8.16. The highest BCUT2D eigenvalue weighted by molar-refractivity contribution is 7.13. The summed E-state index contributed by atoms with van der Waals surface area (Å²) in [5.41, 5.74) is 1.91. The maximum absolute atomic E-state index is 12.5. The Balaban J connectivity index is 1.31. The van der Waals surface area contributed by atoms with Crippen LogP contribution in [0.25, 0.3) is 10.8 Å². The largest absolute Gasteiger partial charge is 0.418 e. The van der Waals surface area contributed by atoms with Gasteiger partial charge in [-0.15, -0.1) is 21.5 Å². The SMILES string of the molecule is CC(c1nnc(-c2cccs2)o1)N(C)CC(=O)Nc1ccc(N2CCOCC2)cc1. The van der Waals surface area contributed by atoms with Crippen molar-refractivity contribution in [2.75, 3.05) is 50.1 Å². The van der Waals surface area contributed by atoms with E-state index in [0.29, 0.717) is 11.8 Å². The minimum atomic E-state index is -0.180. The first kappa shape index (κ1) is 20.5. The third kappa shape index (κ3) is 4.86. The van der Waals surface area contributed by atoms with Crippen molar-refractivity contribution in [3.63, 3.8) is 0 Å². The van der Waals surface area contributed by atoms with Crippen LogP contribution in [0.5, 0.6) is 0 Å². The van der Waals surface area contributed by atoms with Gasteiger partial charge in [-0.2, -0.15) is 0 Å². The molecule has 1 atom stereocenters. The summed E-state index contributed by atoms with van der Waals surface area (Å²) in [6.45, 7) is 5.42. The molecule has 0 radical (unpaired) electrons. The molecule has 4 rings (SSSR count). The summed E-state index contributed by atoms with van der Waals surface area (Å²) in [5, 5.41) is 13.2. The fourth-order valence-corrected chi connectivity index (χ4v) is 3.88. The average Bonchev–Trinajstić information content (AvgIpc) is 3.46. The molecule has 3 aromatic rings. The van der Waals surface area contributed by atoms with Gasteiger partial charge < -0.3 is 19.4 Å². The van der Waals surface area contributed by atoms with Gasteiger partial charge in [0.05, 0.1) is 30.7 Å². The first-order valence-electron chi connectivity index (χ1n) is 9.90. The number of thiophene rings is 1. The molecular weight excluding hydrogens is 402 g/mol. The maximum atomic E-state index is 12.5. The molecule has 1 aromatic carbocycles. The minimum absolute atomic E-state index is 0.0959. The van der Waals surface area contributed by atoms with Crippen LogP contribution in [-0.4, -0.2) is 60.9 Å². The second-order valence-electron chi connectivity index (χ2n) is 7.21. The molecule has 1 N–H and O–H groups in total. The van der Waals surface area contributed by atoms with Crippen LogP contribution in [0.3, 0.4) is 0 Å². The van der Waals surface area contributed by atoms with Crippen LogP contribution in [0.1, 0.15) is 18.9 Å². The number of hydrogen-bond donors (Lipinski definition) is 1. The highest BCUT2D eigenvalue weighted by atomic mass is 32.1. The average molecular weight is 428 g/mol. The standard InChI is InChI=1S/C21H25N5O3S/c1-15(20-23-24-21(29-20)18-4-3-13-30-18)25(2)14-19(27)22-16-5-7-17(8-6-16)26-9-11-28-12-10-26/h3-8,13,15H,9-12,14H2,1-2H3,(H,22,27). The third-order valence-corrected chi connectivity index (χ3v) is 5.97. The molecule has 1 unspecified atom stereocenters. The maximum Gasteiger partial charge on any atom is 0.257 e. The number of morpholine rings is 1. The van der Waals surface area contributed by atoms with E-state index in [1.54, 1.807) is 11.3 Å². The number of carbonyl (C=O) groups is 1. The molecule has 8 nitrogen and oxygen atoms in total. The number of hydrogen-bond acceptors (Lipinski definition) is 8. The van der Waals surface area contributed by atoms with Crippen molar-refractivity contribution in [2.24, 2.45) is 0 Å². The van der Waals surface area contributed by atoms with Gasteiger partial charge in [0.1, 0.15) is 0 Å². The van der Waals surface area contributed by atoms with Crippen molar-refractivity contribution in [3.05, 3.63) is 47.7 Å². The summed E-state index contributed by atoms with van der Waals surface area (Å²) in [6.07, 6.45) is 0. The molecule has 2 aromatic heterocycles. The highest BCUT2D eigenvalue weighted by Gasteiger charge is 2.21. The summed E-state index contributed by atoms with van der Waals surface area (Å²) < 4.78 is 11.2. The van der Waals surface area contributed by atoms with E-state index in [-0.39, 0.29) is 18.5 Å². The van der Waals surface area contributed by atoms with E-state index >= 15 is 0 Å². The number of likely N-dealkylation sites (N-methyl/N-ethyl adjacent to an activating group) is 1. The van der Waals surface area contributed by atoms with Gasteiger partial charge >= 0.3 is 0 Å². The molecule has 0 bridgehead atoms. The molecule has 1 saturated heterocycles. The van der Waals surface area contributed by atoms with Gasteiger partial charge in [0.15, 0.2) is 0 Å². The lowest BCUT2D eigenvalue weighted by Crippen LogP contribution is -2.36.